The van der Waals surface area contributed by atoms with Gasteiger partial charge in [-0.05, 0) is 26.3 Å². The predicted octanol–water partition coefficient (Wildman–Crippen LogP) is 2.32. The highest BCUT2D eigenvalue weighted by Gasteiger charge is 2.51. The minimum absolute atomic E-state index is 0.0206. The minimum Gasteiger partial charge on any atom is -0.347 e. The lowest BCUT2D eigenvalue weighted by Crippen LogP contribution is -2.59. The van der Waals surface area contributed by atoms with E-state index in [4.69, 9.17) is 9.97 Å². The van der Waals surface area contributed by atoms with E-state index in [0.717, 1.165) is 36.3 Å². The van der Waals surface area contributed by atoms with Crippen molar-refractivity contribution < 1.29 is 14.4 Å². The third-order valence-corrected chi connectivity index (χ3v) is 8.63. The maximum atomic E-state index is 13.7. The Labute approximate surface area is 230 Å². The van der Waals surface area contributed by atoms with Crippen molar-refractivity contribution in [3.05, 3.63) is 47.2 Å². The van der Waals surface area contributed by atoms with Gasteiger partial charge in [0.05, 0.1) is 25.2 Å². The van der Waals surface area contributed by atoms with Crippen molar-refractivity contribution in [3.8, 4) is 0 Å². The number of benzene rings is 1. The fourth-order valence-electron chi connectivity index (χ4n) is 6.32. The molecular weight excluding hydrogens is 494 g/mol. The number of nitrogens with one attached hydrogen (secondary N) is 1. The Kier molecular flexibility index (Phi) is 7.57. The van der Waals surface area contributed by atoms with Gasteiger partial charge in [0.25, 0.3) is 11.8 Å². The van der Waals surface area contributed by atoms with Crippen LogP contribution in [-0.4, -0.2) is 88.8 Å². The Morgan fingerprint density at radius 2 is 1.82 bits per heavy atom. The molecule has 3 aliphatic rings. The second-order valence-electron chi connectivity index (χ2n) is 11.1. The average Bonchev–Trinajstić information content (AvgIpc) is 3.54. The van der Waals surface area contributed by atoms with E-state index in [-0.39, 0.29) is 29.8 Å². The zero-order valence-corrected chi connectivity index (χ0v) is 23.5. The standard InChI is InChI=1S/C29H39N7O3/c1-5-36(17-9-12-24(36)27(38)30-18-22-10-7-6-8-11-22)26-23-19-35(20(2)3)28(39)25(23)31-29(32-26)34-15-13-33(14-16-34)21(4)37/h6-8,10-11,20,24H,5,9,12-19H2,1-4H3/p+1/t24-,36?/m1/s1. The number of amides is 3. The number of fused-ring (bicyclic) bond motifs is 1. The van der Waals surface area contributed by atoms with Crippen LogP contribution in [0.3, 0.4) is 0 Å². The van der Waals surface area contributed by atoms with E-state index in [1.54, 1.807) is 6.92 Å². The highest BCUT2D eigenvalue weighted by molar-refractivity contribution is 5.98. The lowest BCUT2D eigenvalue weighted by molar-refractivity contribution is -0.129. The fourth-order valence-corrected chi connectivity index (χ4v) is 6.32. The van der Waals surface area contributed by atoms with E-state index in [9.17, 15) is 14.4 Å². The maximum absolute atomic E-state index is 13.7. The van der Waals surface area contributed by atoms with Gasteiger partial charge in [0.2, 0.25) is 17.7 Å². The van der Waals surface area contributed by atoms with E-state index in [1.165, 1.54) is 0 Å². The number of carbonyl (C=O) groups is 3. The summed E-state index contributed by atoms with van der Waals surface area (Å²) in [6.07, 6.45) is 1.67. The van der Waals surface area contributed by atoms with E-state index in [2.05, 4.69) is 17.1 Å². The highest BCUT2D eigenvalue weighted by atomic mass is 16.2. The van der Waals surface area contributed by atoms with Crippen LogP contribution in [0.4, 0.5) is 11.8 Å². The quantitative estimate of drug-likeness (QED) is 0.548. The maximum Gasteiger partial charge on any atom is 0.279 e. The molecule has 4 heterocycles. The van der Waals surface area contributed by atoms with Gasteiger partial charge in [0.15, 0.2) is 6.04 Å². The molecule has 0 spiro atoms. The number of hydrogen-bond acceptors (Lipinski definition) is 6. The van der Waals surface area contributed by atoms with Gasteiger partial charge in [0.1, 0.15) is 5.69 Å². The van der Waals surface area contributed by atoms with Crippen LogP contribution in [0.2, 0.25) is 0 Å². The predicted molar refractivity (Wildman–Crippen MR) is 150 cm³/mol. The van der Waals surface area contributed by atoms with Crippen molar-refractivity contribution in [2.45, 2.75) is 65.7 Å². The molecule has 1 aromatic heterocycles. The van der Waals surface area contributed by atoms with Gasteiger partial charge in [-0.15, -0.1) is 0 Å². The normalized spacial score (nSPS) is 22.9. The number of piperazine rings is 1. The van der Waals surface area contributed by atoms with Crippen molar-refractivity contribution in [2.24, 2.45) is 0 Å². The van der Waals surface area contributed by atoms with Crippen LogP contribution in [0.5, 0.6) is 0 Å². The van der Waals surface area contributed by atoms with Gasteiger partial charge in [0, 0.05) is 58.5 Å². The molecule has 208 valence electrons. The minimum atomic E-state index is -0.289. The second-order valence-corrected chi connectivity index (χ2v) is 11.1. The van der Waals surface area contributed by atoms with Gasteiger partial charge in [-0.3, -0.25) is 18.9 Å². The summed E-state index contributed by atoms with van der Waals surface area (Å²) in [5.74, 6) is 1.33. The van der Waals surface area contributed by atoms with Crippen molar-refractivity contribution in [1.29, 1.82) is 0 Å². The first-order valence-electron chi connectivity index (χ1n) is 14.2. The van der Waals surface area contributed by atoms with Gasteiger partial charge in [-0.1, -0.05) is 30.3 Å². The van der Waals surface area contributed by atoms with Gasteiger partial charge >= 0.3 is 0 Å². The monoisotopic (exact) mass is 534 g/mol. The molecule has 2 atom stereocenters. The topological polar surface area (TPSA) is 98.7 Å². The van der Waals surface area contributed by atoms with Gasteiger partial charge < -0.3 is 20.0 Å². The third-order valence-electron chi connectivity index (χ3n) is 8.63. The summed E-state index contributed by atoms with van der Waals surface area (Å²) in [7, 11) is 0. The summed E-state index contributed by atoms with van der Waals surface area (Å²) in [6.45, 7) is 12.5. The summed E-state index contributed by atoms with van der Waals surface area (Å²) in [6, 6.07) is 9.68. The van der Waals surface area contributed by atoms with E-state index < -0.39 is 0 Å². The molecule has 1 unspecified atom stereocenters. The molecule has 0 bridgehead atoms. The number of hydrogen-bond donors (Lipinski definition) is 1. The molecule has 0 radical (unpaired) electrons. The number of nitrogens with zero attached hydrogens (tertiary/aromatic N) is 6. The number of quaternary nitrogens is 1. The molecular formula is C29H40N7O3+. The first-order valence-corrected chi connectivity index (χ1v) is 14.2. The molecule has 39 heavy (non-hydrogen) atoms. The van der Waals surface area contributed by atoms with Crippen molar-refractivity contribution in [1.82, 2.24) is 29.6 Å². The molecule has 2 fully saturated rings. The Bertz CT molecular complexity index is 1240. The Balaban J connectivity index is 1.51. The molecule has 2 saturated heterocycles. The lowest BCUT2D eigenvalue weighted by atomic mass is 10.1. The number of aromatic nitrogens is 2. The van der Waals surface area contributed by atoms with Crippen molar-refractivity contribution in [2.75, 3.05) is 44.2 Å². The summed E-state index contributed by atoms with van der Waals surface area (Å²) in [5.41, 5.74) is 2.37. The van der Waals surface area contributed by atoms with Crippen molar-refractivity contribution in [3.63, 3.8) is 0 Å². The summed E-state index contributed by atoms with van der Waals surface area (Å²) >= 11 is 0. The van der Waals surface area contributed by atoms with Crippen LogP contribution in [0, 0.1) is 0 Å². The van der Waals surface area contributed by atoms with Crippen LogP contribution in [0.15, 0.2) is 30.3 Å². The molecule has 3 amide bonds. The van der Waals surface area contributed by atoms with Crippen LogP contribution in [0.25, 0.3) is 0 Å². The number of carbonyl (C=O) groups excluding carboxylic acids is 3. The van der Waals surface area contributed by atoms with Crippen molar-refractivity contribution >= 4 is 29.5 Å². The lowest BCUT2D eigenvalue weighted by Gasteiger charge is -2.39. The summed E-state index contributed by atoms with van der Waals surface area (Å²) in [4.78, 5) is 54.8. The van der Waals surface area contributed by atoms with Crippen LogP contribution in [0.1, 0.15) is 62.2 Å². The zero-order chi connectivity index (χ0) is 27.7. The first kappa shape index (κ1) is 27.1. The average molecular weight is 535 g/mol. The molecule has 0 aliphatic carbocycles. The molecule has 5 rings (SSSR count). The number of anilines is 1. The molecule has 2 aromatic rings. The molecule has 1 aromatic carbocycles. The van der Waals surface area contributed by atoms with Crippen LogP contribution >= 0.6 is 0 Å². The Hall–Kier alpha value is -3.53. The molecule has 10 heteroatoms. The third kappa shape index (κ3) is 4.97. The van der Waals surface area contributed by atoms with Gasteiger partial charge in [-0.25, -0.2) is 4.98 Å². The van der Waals surface area contributed by atoms with Gasteiger partial charge in [-0.2, -0.15) is 4.98 Å². The first-order chi connectivity index (χ1) is 18.7. The number of likely N-dealkylation sites (tertiary alicyclic amines) is 1. The molecule has 0 saturated carbocycles. The number of likely N-dealkylation sites (N-methyl/N-ethyl adjacent to an activating group) is 1. The smallest absolute Gasteiger partial charge is 0.279 e. The number of rotatable bonds is 7. The SMILES string of the molecule is CC[N+]1(c2nc(N3CCN(C(C)=O)CC3)nc3c2CN(C(C)C)C3=O)CCC[C@@H]1C(=O)NCc1ccccc1. The zero-order valence-electron chi connectivity index (χ0n) is 23.5. The van der Waals surface area contributed by atoms with Crippen LogP contribution in [-0.2, 0) is 22.7 Å². The highest BCUT2D eigenvalue weighted by Crippen LogP contribution is 2.41. The Morgan fingerprint density at radius 1 is 1.10 bits per heavy atom. The van der Waals surface area contributed by atoms with Crippen LogP contribution < -0.4 is 14.7 Å². The summed E-state index contributed by atoms with van der Waals surface area (Å²) < 4.78 is 0.422. The largest absolute Gasteiger partial charge is 0.347 e. The van der Waals surface area contributed by atoms with E-state index >= 15 is 0 Å². The summed E-state index contributed by atoms with van der Waals surface area (Å²) in [5, 5.41) is 3.17. The van der Waals surface area contributed by atoms with E-state index in [1.807, 2.05) is 54.0 Å². The second kappa shape index (κ2) is 10.9. The molecule has 1 N–H and O–H groups in total. The Morgan fingerprint density at radius 3 is 2.46 bits per heavy atom. The van der Waals surface area contributed by atoms with E-state index in [0.29, 0.717) is 61.9 Å². The fraction of sp³-hybridized carbons (Fsp3) is 0.552. The molecule has 10 nitrogen and oxygen atoms in total. The molecule has 3 aliphatic heterocycles.